The molecule has 0 atom stereocenters. The molecule has 2 aromatic heterocycles. The first-order valence-corrected chi connectivity index (χ1v) is 10.6. The van der Waals surface area contributed by atoms with E-state index in [-0.39, 0.29) is 11.7 Å². The molecule has 0 saturated carbocycles. The molecular formula is C21H20ClN5OS. The van der Waals surface area contributed by atoms with Gasteiger partial charge in [0.2, 0.25) is 5.91 Å². The molecule has 0 aliphatic carbocycles. The maximum Gasteiger partial charge on any atom is 0.235 e. The number of nitrogens with one attached hydrogen (secondary N) is 1. The molecule has 0 fully saturated rings. The zero-order valence-corrected chi connectivity index (χ0v) is 17.5. The second-order valence-corrected chi connectivity index (χ2v) is 7.84. The zero-order chi connectivity index (χ0) is 20.2. The first-order chi connectivity index (χ1) is 14.1. The predicted molar refractivity (Wildman–Crippen MR) is 118 cm³/mol. The van der Waals surface area contributed by atoms with Crippen molar-refractivity contribution in [3.05, 3.63) is 71.4 Å². The summed E-state index contributed by atoms with van der Waals surface area (Å²) in [6.07, 6.45) is 1.68. The standard InChI is InChI=1S/C21H20ClN5OS/c1-2-26-18-6-4-3-5-17(18)24-21(26)29-14-20(28)25-19-11-12-23-27(19)13-15-7-9-16(22)10-8-15/h3-12H,2,13-14H2,1H3,(H,25,28). The number of fused-ring (bicyclic) bond motifs is 1. The fraction of sp³-hybridized carbons (Fsp3) is 0.190. The summed E-state index contributed by atoms with van der Waals surface area (Å²) in [5.74, 6) is 0.840. The molecule has 0 aliphatic rings. The number of aryl methyl sites for hydroxylation is 1. The van der Waals surface area contributed by atoms with Crippen LogP contribution in [0.15, 0.2) is 66.0 Å². The van der Waals surface area contributed by atoms with Gasteiger partial charge in [-0.3, -0.25) is 4.79 Å². The Labute approximate surface area is 177 Å². The minimum absolute atomic E-state index is 0.0948. The molecule has 0 unspecified atom stereocenters. The fourth-order valence-corrected chi connectivity index (χ4v) is 4.11. The molecule has 2 heterocycles. The van der Waals surface area contributed by atoms with Crippen molar-refractivity contribution in [1.29, 1.82) is 0 Å². The van der Waals surface area contributed by atoms with Crippen molar-refractivity contribution in [3.8, 4) is 0 Å². The van der Waals surface area contributed by atoms with Crippen LogP contribution in [0.4, 0.5) is 5.82 Å². The largest absolute Gasteiger partial charge is 0.319 e. The van der Waals surface area contributed by atoms with E-state index >= 15 is 0 Å². The van der Waals surface area contributed by atoms with Crippen LogP contribution < -0.4 is 5.32 Å². The van der Waals surface area contributed by atoms with Gasteiger partial charge >= 0.3 is 0 Å². The third-order valence-corrected chi connectivity index (χ3v) is 5.73. The molecule has 6 nitrogen and oxygen atoms in total. The molecule has 4 aromatic rings. The lowest BCUT2D eigenvalue weighted by molar-refractivity contribution is -0.113. The highest BCUT2D eigenvalue weighted by molar-refractivity contribution is 7.99. The predicted octanol–water partition coefficient (Wildman–Crippen LogP) is 4.69. The van der Waals surface area contributed by atoms with Gasteiger partial charge in [0.15, 0.2) is 5.16 Å². The zero-order valence-electron chi connectivity index (χ0n) is 15.9. The number of benzene rings is 2. The van der Waals surface area contributed by atoms with Crippen LogP contribution in [0, 0.1) is 0 Å². The molecule has 0 spiro atoms. The molecule has 29 heavy (non-hydrogen) atoms. The Morgan fingerprint density at radius 1 is 1.14 bits per heavy atom. The number of hydrogen-bond donors (Lipinski definition) is 1. The van der Waals surface area contributed by atoms with Gasteiger partial charge < -0.3 is 9.88 Å². The van der Waals surface area contributed by atoms with Crippen LogP contribution >= 0.6 is 23.4 Å². The highest BCUT2D eigenvalue weighted by Crippen LogP contribution is 2.24. The van der Waals surface area contributed by atoms with Gasteiger partial charge in [-0.05, 0) is 36.8 Å². The molecule has 1 amide bonds. The van der Waals surface area contributed by atoms with Crippen LogP contribution in [0.5, 0.6) is 0 Å². The number of halogens is 1. The number of rotatable bonds is 7. The van der Waals surface area contributed by atoms with Gasteiger partial charge in [0.25, 0.3) is 0 Å². The quantitative estimate of drug-likeness (QED) is 0.436. The van der Waals surface area contributed by atoms with Crippen molar-refractivity contribution in [3.63, 3.8) is 0 Å². The highest BCUT2D eigenvalue weighted by atomic mass is 35.5. The van der Waals surface area contributed by atoms with E-state index in [2.05, 4.69) is 26.9 Å². The van der Waals surface area contributed by atoms with E-state index in [4.69, 9.17) is 11.6 Å². The van der Waals surface area contributed by atoms with Crippen molar-refractivity contribution in [2.45, 2.75) is 25.2 Å². The summed E-state index contributed by atoms with van der Waals surface area (Å²) in [5, 5.41) is 8.79. The molecule has 4 rings (SSSR count). The Kier molecular flexibility index (Phi) is 5.87. The summed E-state index contributed by atoms with van der Waals surface area (Å²) >= 11 is 7.37. The SMILES string of the molecule is CCn1c(SCC(=O)Nc2ccnn2Cc2ccc(Cl)cc2)nc2ccccc21. The van der Waals surface area contributed by atoms with Crippen LogP contribution in [0.3, 0.4) is 0 Å². The van der Waals surface area contributed by atoms with E-state index in [0.29, 0.717) is 17.4 Å². The van der Waals surface area contributed by atoms with Crippen LogP contribution in [-0.2, 0) is 17.9 Å². The van der Waals surface area contributed by atoms with E-state index in [0.717, 1.165) is 28.3 Å². The lowest BCUT2D eigenvalue weighted by Gasteiger charge is -2.10. The Morgan fingerprint density at radius 2 is 1.93 bits per heavy atom. The average Bonchev–Trinajstić information content (AvgIpc) is 3.31. The number of carbonyl (C=O) groups is 1. The third kappa shape index (κ3) is 4.46. The van der Waals surface area contributed by atoms with Gasteiger partial charge in [-0.25, -0.2) is 9.67 Å². The topological polar surface area (TPSA) is 64.7 Å². The van der Waals surface area contributed by atoms with Gasteiger partial charge in [0.1, 0.15) is 5.82 Å². The van der Waals surface area contributed by atoms with Gasteiger partial charge in [-0.15, -0.1) is 0 Å². The average molecular weight is 426 g/mol. The molecule has 1 N–H and O–H groups in total. The highest BCUT2D eigenvalue weighted by Gasteiger charge is 2.13. The smallest absolute Gasteiger partial charge is 0.235 e. The van der Waals surface area contributed by atoms with E-state index in [1.54, 1.807) is 16.9 Å². The minimum atomic E-state index is -0.0948. The maximum atomic E-state index is 12.5. The number of amides is 1. The molecule has 0 saturated heterocycles. The summed E-state index contributed by atoms with van der Waals surface area (Å²) in [5.41, 5.74) is 3.08. The number of imidazole rings is 1. The summed E-state index contributed by atoms with van der Waals surface area (Å²) in [6.45, 7) is 3.43. The van der Waals surface area contributed by atoms with Crippen molar-refractivity contribution in [2.24, 2.45) is 0 Å². The van der Waals surface area contributed by atoms with Crippen LogP contribution in [0.25, 0.3) is 11.0 Å². The van der Waals surface area contributed by atoms with Crippen LogP contribution in [-0.4, -0.2) is 31.0 Å². The Balaban J connectivity index is 1.41. The molecular weight excluding hydrogens is 406 g/mol. The maximum absolute atomic E-state index is 12.5. The second kappa shape index (κ2) is 8.71. The first-order valence-electron chi connectivity index (χ1n) is 9.28. The normalized spacial score (nSPS) is 11.1. The second-order valence-electron chi connectivity index (χ2n) is 6.46. The van der Waals surface area contributed by atoms with E-state index in [9.17, 15) is 4.79 Å². The Bertz CT molecular complexity index is 1140. The Morgan fingerprint density at radius 3 is 2.72 bits per heavy atom. The number of thioether (sulfide) groups is 1. The fourth-order valence-electron chi connectivity index (χ4n) is 3.11. The number of anilines is 1. The van der Waals surface area contributed by atoms with E-state index < -0.39 is 0 Å². The van der Waals surface area contributed by atoms with Crippen molar-refractivity contribution in [1.82, 2.24) is 19.3 Å². The number of aromatic nitrogens is 4. The number of para-hydroxylation sites is 2. The van der Waals surface area contributed by atoms with Gasteiger partial charge in [-0.2, -0.15) is 5.10 Å². The summed E-state index contributed by atoms with van der Waals surface area (Å²) in [7, 11) is 0. The van der Waals surface area contributed by atoms with Gasteiger partial charge in [-0.1, -0.05) is 47.6 Å². The molecule has 0 aliphatic heterocycles. The van der Waals surface area contributed by atoms with E-state index in [1.165, 1.54) is 11.8 Å². The summed E-state index contributed by atoms with van der Waals surface area (Å²) in [6, 6.07) is 17.4. The van der Waals surface area contributed by atoms with Crippen molar-refractivity contribution < 1.29 is 4.79 Å². The molecule has 2 aromatic carbocycles. The van der Waals surface area contributed by atoms with Crippen LogP contribution in [0.1, 0.15) is 12.5 Å². The lowest BCUT2D eigenvalue weighted by atomic mass is 10.2. The number of carbonyl (C=O) groups excluding carboxylic acids is 1. The molecule has 0 radical (unpaired) electrons. The minimum Gasteiger partial charge on any atom is -0.319 e. The molecule has 148 valence electrons. The summed E-state index contributed by atoms with van der Waals surface area (Å²) < 4.78 is 3.88. The van der Waals surface area contributed by atoms with Crippen molar-refractivity contribution in [2.75, 3.05) is 11.1 Å². The molecule has 8 heteroatoms. The number of hydrogen-bond acceptors (Lipinski definition) is 4. The van der Waals surface area contributed by atoms with Crippen molar-refractivity contribution >= 4 is 46.1 Å². The third-order valence-electron chi connectivity index (χ3n) is 4.50. The number of nitrogens with zero attached hydrogens (tertiary/aromatic N) is 4. The van der Waals surface area contributed by atoms with Gasteiger partial charge in [0, 0.05) is 17.6 Å². The first kappa shape index (κ1) is 19.5. The Hall–Kier alpha value is -2.77. The monoisotopic (exact) mass is 425 g/mol. The van der Waals surface area contributed by atoms with E-state index in [1.807, 2.05) is 48.5 Å². The van der Waals surface area contributed by atoms with Crippen LogP contribution in [0.2, 0.25) is 5.02 Å². The lowest BCUT2D eigenvalue weighted by Crippen LogP contribution is -2.18. The molecule has 0 bridgehead atoms. The summed E-state index contributed by atoms with van der Waals surface area (Å²) in [4.78, 5) is 17.2. The van der Waals surface area contributed by atoms with Gasteiger partial charge in [0.05, 0.1) is 29.5 Å².